The zero-order valence-electron chi connectivity index (χ0n) is 8.01. The van der Waals surface area contributed by atoms with E-state index in [-0.39, 0.29) is 0 Å². The average molecular weight is 273 g/mol. The van der Waals surface area contributed by atoms with Crippen molar-refractivity contribution < 1.29 is 0 Å². The van der Waals surface area contributed by atoms with E-state index in [2.05, 4.69) is 34.2 Å². The fourth-order valence-electron chi connectivity index (χ4n) is 1.24. The Bertz CT molecular complexity index is 339. The predicted molar refractivity (Wildman–Crippen MR) is 68.5 cm³/mol. The highest BCUT2D eigenvalue weighted by Crippen LogP contribution is 2.22. The first-order chi connectivity index (χ1) is 6.63. The molecule has 4 heteroatoms. The van der Waals surface area contributed by atoms with E-state index in [4.69, 9.17) is 18.0 Å². The van der Waals surface area contributed by atoms with Crippen molar-refractivity contribution >= 4 is 38.9 Å². The van der Waals surface area contributed by atoms with Gasteiger partial charge in [-0.15, -0.1) is 0 Å². The number of rotatable bonds is 3. The molecule has 0 amide bonds. The molecule has 0 aliphatic carbocycles. The minimum absolute atomic E-state index is 0.292. The molecule has 1 rings (SSSR count). The maximum Gasteiger partial charge on any atom is 0.168 e. The van der Waals surface area contributed by atoms with Crippen LogP contribution >= 0.6 is 28.1 Å². The molecule has 0 heterocycles. The van der Waals surface area contributed by atoms with Crippen LogP contribution in [0.1, 0.15) is 18.9 Å². The summed E-state index contributed by atoms with van der Waals surface area (Å²) in [4.78, 5) is 0. The maximum absolute atomic E-state index is 5.38. The highest BCUT2D eigenvalue weighted by Gasteiger charge is 2.00. The molecule has 0 atom stereocenters. The summed E-state index contributed by atoms with van der Waals surface area (Å²) in [6.07, 6.45) is 2.22. The van der Waals surface area contributed by atoms with E-state index in [0.717, 1.165) is 23.0 Å². The summed E-state index contributed by atoms with van der Waals surface area (Å²) in [6, 6.07) is 6.05. The SMILES string of the molecule is CCCc1ccc(NC(N)=S)cc1Br. The van der Waals surface area contributed by atoms with Gasteiger partial charge in [-0.25, -0.2) is 0 Å². The molecular formula is C10H13BrN2S. The van der Waals surface area contributed by atoms with E-state index < -0.39 is 0 Å². The van der Waals surface area contributed by atoms with Gasteiger partial charge < -0.3 is 11.1 Å². The Balaban J connectivity index is 2.83. The van der Waals surface area contributed by atoms with Gasteiger partial charge in [0.2, 0.25) is 0 Å². The third kappa shape index (κ3) is 3.27. The second-order valence-electron chi connectivity index (χ2n) is 3.05. The maximum atomic E-state index is 5.38. The molecular weight excluding hydrogens is 260 g/mol. The van der Waals surface area contributed by atoms with Gasteiger partial charge in [-0.2, -0.15) is 0 Å². The Labute approximate surface area is 98.0 Å². The molecule has 14 heavy (non-hydrogen) atoms. The smallest absolute Gasteiger partial charge is 0.168 e. The van der Waals surface area contributed by atoms with E-state index in [1.54, 1.807) is 0 Å². The zero-order chi connectivity index (χ0) is 10.6. The van der Waals surface area contributed by atoms with E-state index in [9.17, 15) is 0 Å². The molecule has 0 saturated heterocycles. The number of anilines is 1. The molecule has 0 saturated carbocycles. The molecule has 2 nitrogen and oxygen atoms in total. The third-order valence-electron chi connectivity index (χ3n) is 1.84. The second kappa shape index (κ2) is 5.32. The Hall–Kier alpha value is -0.610. The van der Waals surface area contributed by atoms with Crippen molar-refractivity contribution in [3.05, 3.63) is 28.2 Å². The van der Waals surface area contributed by atoms with Crippen molar-refractivity contribution in [3.63, 3.8) is 0 Å². The van der Waals surface area contributed by atoms with Crippen LogP contribution in [0.15, 0.2) is 22.7 Å². The average Bonchev–Trinajstić information content (AvgIpc) is 2.09. The lowest BCUT2D eigenvalue weighted by Gasteiger charge is -2.07. The standard InChI is InChI=1S/C10H13BrN2S/c1-2-3-7-4-5-8(6-9(7)11)13-10(12)14/h4-6H,2-3H2,1H3,(H3,12,13,14). The van der Waals surface area contributed by atoms with Gasteiger partial charge in [0.1, 0.15) is 0 Å². The van der Waals surface area contributed by atoms with E-state index in [1.165, 1.54) is 5.56 Å². The second-order valence-corrected chi connectivity index (χ2v) is 4.34. The van der Waals surface area contributed by atoms with Crippen molar-refractivity contribution in [1.82, 2.24) is 0 Å². The number of hydrogen-bond acceptors (Lipinski definition) is 1. The molecule has 0 aromatic heterocycles. The number of aryl methyl sites for hydroxylation is 1. The molecule has 0 spiro atoms. The Morgan fingerprint density at radius 1 is 1.57 bits per heavy atom. The van der Waals surface area contributed by atoms with Crippen molar-refractivity contribution in [2.24, 2.45) is 5.73 Å². The van der Waals surface area contributed by atoms with Crippen molar-refractivity contribution in [3.8, 4) is 0 Å². The lowest BCUT2D eigenvalue weighted by molar-refractivity contribution is 0.917. The van der Waals surface area contributed by atoms with Crippen LogP contribution < -0.4 is 11.1 Å². The molecule has 1 aromatic rings. The number of nitrogens with one attached hydrogen (secondary N) is 1. The van der Waals surface area contributed by atoms with Crippen LogP contribution in [0.5, 0.6) is 0 Å². The van der Waals surface area contributed by atoms with Crippen molar-refractivity contribution in [1.29, 1.82) is 0 Å². The van der Waals surface area contributed by atoms with Gasteiger partial charge in [-0.05, 0) is 36.3 Å². The van der Waals surface area contributed by atoms with Crippen LogP contribution in [0.2, 0.25) is 0 Å². The molecule has 0 bridgehead atoms. The summed E-state index contributed by atoms with van der Waals surface area (Å²) < 4.78 is 1.10. The zero-order valence-corrected chi connectivity index (χ0v) is 10.4. The summed E-state index contributed by atoms with van der Waals surface area (Å²) in [7, 11) is 0. The van der Waals surface area contributed by atoms with Crippen LogP contribution in [0, 0.1) is 0 Å². The first-order valence-corrected chi connectivity index (χ1v) is 5.68. The van der Waals surface area contributed by atoms with Gasteiger partial charge in [-0.3, -0.25) is 0 Å². The lowest BCUT2D eigenvalue weighted by Crippen LogP contribution is -2.18. The third-order valence-corrected chi connectivity index (χ3v) is 2.68. The first kappa shape index (κ1) is 11.5. The molecule has 0 aliphatic heterocycles. The minimum Gasteiger partial charge on any atom is -0.376 e. The monoisotopic (exact) mass is 272 g/mol. The van der Waals surface area contributed by atoms with Crippen LogP contribution in [0.3, 0.4) is 0 Å². The van der Waals surface area contributed by atoms with Crippen molar-refractivity contribution in [2.75, 3.05) is 5.32 Å². The molecule has 0 radical (unpaired) electrons. The fourth-order valence-corrected chi connectivity index (χ4v) is 1.93. The summed E-state index contributed by atoms with van der Waals surface area (Å²) >= 11 is 8.27. The molecule has 76 valence electrons. The van der Waals surface area contributed by atoms with Gasteiger partial charge >= 0.3 is 0 Å². The lowest BCUT2D eigenvalue weighted by atomic mass is 10.1. The summed E-state index contributed by atoms with van der Waals surface area (Å²) in [5.74, 6) is 0. The minimum atomic E-state index is 0.292. The summed E-state index contributed by atoms with van der Waals surface area (Å²) in [6.45, 7) is 2.16. The summed E-state index contributed by atoms with van der Waals surface area (Å²) in [5, 5.41) is 3.19. The molecule has 3 N–H and O–H groups in total. The Morgan fingerprint density at radius 2 is 2.29 bits per heavy atom. The largest absolute Gasteiger partial charge is 0.376 e. The van der Waals surface area contributed by atoms with Crippen LogP contribution in [0.4, 0.5) is 5.69 Å². The van der Waals surface area contributed by atoms with Crippen molar-refractivity contribution in [2.45, 2.75) is 19.8 Å². The molecule has 0 aliphatic rings. The Kier molecular flexibility index (Phi) is 4.35. The quantitative estimate of drug-likeness (QED) is 0.831. The predicted octanol–water partition coefficient (Wildman–Crippen LogP) is 3.06. The highest BCUT2D eigenvalue weighted by atomic mass is 79.9. The van der Waals surface area contributed by atoms with E-state index in [1.807, 2.05) is 12.1 Å². The number of nitrogens with two attached hydrogens (primary N) is 1. The highest BCUT2D eigenvalue weighted by molar-refractivity contribution is 9.10. The van der Waals surface area contributed by atoms with Gasteiger partial charge in [0.25, 0.3) is 0 Å². The normalized spacial score (nSPS) is 9.86. The molecule has 0 fully saturated rings. The van der Waals surface area contributed by atoms with Gasteiger partial charge in [-0.1, -0.05) is 35.3 Å². The number of benzene rings is 1. The van der Waals surface area contributed by atoms with Gasteiger partial charge in [0, 0.05) is 10.2 Å². The number of halogens is 1. The molecule has 1 aromatic carbocycles. The van der Waals surface area contributed by atoms with E-state index in [0.29, 0.717) is 5.11 Å². The summed E-state index contributed by atoms with van der Waals surface area (Å²) in [5.41, 5.74) is 7.60. The first-order valence-electron chi connectivity index (χ1n) is 4.48. The van der Waals surface area contributed by atoms with E-state index >= 15 is 0 Å². The fraction of sp³-hybridized carbons (Fsp3) is 0.300. The van der Waals surface area contributed by atoms with Gasteiger partial charge in [0.05, 0.1) is 0 Å². The van der Waals surface area contributed by atoms with Crippen LogP contribution in [-0.2, 0) is 6.42 Å². The number of thiocarbonyl (C=S) groups is 1. The Morgan fingerprint density at radius 3 is 2.79 bits per heavy atom. The van der Waals surface area contributed by atoms with Crippen LogP contribution in [0.25, 0.3) is 0 Å². The van der Waals surface area contributed by atoms with Gasteiger partial charge in [0.15, 0.2) is 5.11 Å². The molecule has 0 unspecified atom stereocenters. The topological polar surface area (TPSA) is 38.0 Å². The van der Waals surface area contributed by atoms with Crippen LogP contribution in [-0.4, -0.2) is 5.11 Å². The number of hydrogen-bond donors (Lipinski definition) is 2.